The molecular formula is C26H28N6O3. The van der Waals surface area contributed by atoms with Crippen LogP contribution in [0.4, 0.5) is 23.0 Å². The number of anilines is 4. The Bertz CT molecular complexity index is 1400. The van der Waals surface area contributed by atoms with Gasteiger partial charge in [0.15, 0.2) is 11.6 Å². The van der Waals surface area contributed by atoms with E-state index in [1.165, 1.54) is 0 Å². The molecule has 3 aromatic heterocycles. The number of nitrogens with one attached hydrogen (secondary N) is 3. The Labute approximate surface area is 203 Å². The third-order valence-corrected chi connectivity index (χ3v) is 6.06. The van der Waals surface area contributed by atoms with Crippen LogP contribution in [-0.2, 0) is 4.74 Å². The van der Waals surface area contributed by atoms with Crippen molar-refractivity contribution >= 4 is 33.8 Å². The number of benzene rings is 1. The molecule has 9 heteroatoms. The fraction of sp³-hybridized carbons (Fsp3) is 0.269. The third kappa shape index (κ3) is 4.50. The van der Waals surface area contributed by atoms with Crippen molar-refractivity contribution in [2.45, 2.75) is 7.43 Å². The third-order valence-electron chi connectivity index (χ3n) is 6.06. The Kier molecular flexibility index (Phi) is 6.24. The molecule has 1 fully saturated rings. The number of ether oxygens (including phenoxy) is 2. The van der Waals surface area contributed by atoms with E-state index in [1.54, 1.807) is 12.4 Å². The zero-order valence-corrected chi connectivity index (χ0v) is 18.5. The first-order valence-electron chi connectivity index (χ1n) is 11.3. The van der Waals surface area contributed by atoms with Crippen molar-refractivity contribution in [3.05, 3.63) is 65.2 Å². The molecule has 0 amide bonds. The van der Waals surface area contributed by atoms with E-state index in [9.17, 15) is 4.79 Å². The van der Waals surface area contributed by atoms with Crippen LogP contribution in [-0.4, -0.2) is 54.4 Å². The molecule has 0 unspecified atom stereocenters. The Morgan fingerprint density at radius 3 is 2.69 bits per heavy atom. The Balaban J connectivity index is 0.00000253. The maximum atomic E-state index is 12.7. The molecule has 0 radical (unpaired) electrons. The van der Waals surface area contributed by atoms with Crippen molar-refractivity contribution < 1.29 is 9.47 Å². The number of morpholine rings is 1. The van der Waals surface area contributed by atoms with E-state index >= 15 is 0 Å². The number of H-pyrrole nitrogens is 1. The minimum atomic E-state index is -0.194. The van der Waals surface area contributed by atoms with Gasteiger partial charge in [-0.1, -0.05) is 7.43 Å². The van der Waals surface area contributed by atoms with Gasteiger partial charge >= 0.3 is 0 Å². The SMILES string of the molecule is C.O=c1[nH]ccc2cc(-c3cnc4c(c3)OCCN4)nc(Nc3ccc(N4CCOCC4)cc3)c12. The minimum absolute atomic E-state index is 0. The van der Waals surface area contributed by atoms with E-state index in [1.807, 2.05) is 30.3 Å². The first-order chi connectivity index (χ1) is 16.7. The zero-order valence-electron chi connectivity index (χ0n) is 18.5. The molecule has 0 spiro atoms. The number of hydrogen-bond donors (Lipinski definition) is 3. The number of fused-ring (bicyclic) bond motifs is 2. The second-order valence-electron chi connectivity index (χ2n) is 8.24. The molecule has 9 nitrogen and oxygen atoms in total. The summed E-state index contributed by atoms with van der Waals surface area (Å²) in [5.74, 6) is 1.92. The standard InChI is InChI=1S/C25H24N6O3.CH4/c32-25-22-16(5-6-27-25)13-20(17-14-21-23(28-15-17)26-7-10-34-21)30-24(22)29-18-1-3-19(4-2-18)31-8-11-33-12-9-31;/h1-6,13-15H,7-12H2,(H,26,28)(H,27,32)(H,29,30);1H4. The summed E-state index contributed by atoms with van der Waals surface area (Å²) in [6.07, 6.45) is 3.41. The Morgan fingerprint density at radius 2 is 1.86 bits per heavy atom. The molecule has 1 aromatic carbocycles. The molecule has 35 heavy (non-hydrogen) atoms. The molecule has 2 aliphatic heterocycles. The summed E-state index contributed by atoms with van der Waals surface area (Å²) in [6.45, 7) is 4.56. The van der Waals surface area contributed by atoms with E-state index in [0.29, 0.717) is 29.3 Å². The second kappa shape index (κ2) is 9.63. The molecule has 0 atom stereocenters. The maximum absolute atomic E-state index is 12.7. The van der Waals surface area contributed by atoms with E-state index < -0.39 is 0 Å². The monoisotopic (exact) mass is 472 g/mol. The van der Waals surface area contributed by atoms with Gasteiger partial charge in [0, 0.05) is 42.4 Å². The average molecular weight is 473 g/mol. The predicted molar refractivity (Wildman–Crippen MR) is 139 cm³/mol. The molecule has 4 aromatic rings. The highest BCUT2D eigenvalue weighted by atomic mass is 16.5. The summed E-state index contributed by atoms with van der Waals surface area (Å²) in [6, 6.07) is 13.8. The van der Waals surface area contributed by atoms with Crippen LogP contribution in [0.2, 0.25) is 0 Å². The molecule has 0 aliphatic carbocycles. The number of aromatic nitrogens is 3. The Morgan fingerprint density at radius 1 is 1.03 bits per heavy atom. The van der Waals surface area contributed by atoms with Gasteiger partial charge in [-0.15, -0.1) is 0 Å². The molecule has 1 saturated heterocycles. The normalized spacial score (nSPS) is 14.9. The lowest BCUT2D eigenvalue weighted by Crippen LogP contribution is -2.36. The van der Waals surface area contributed by atoms with E-state index in [-0.39, 0.29) is 13.0 Å². The quantitative estimate of drug-likeness (QED) is 0.409. The Hall–Kier alpha value is -4.11. The highest BCUT2D eigenvalue weighted by molar-refractivity contribution is 5.95. The highest BCUT2D eigenvalue weighted by Crippen LogP contribution is 2.33. The molecule has 3 N–H and O–H groups in total. The van der Waals surface area contributed by atoms with Gasteiger partial charge in [-0.2, -0.15) is 0 Å². The fourth-order valence-electron chi connectivity index (χ4n) is 4.32. The number of pyridine rings is 3. The van der Waals surface area contributed by atoms with Crippen molar-refractivity contribution in [2.24, 2.45) is 0 Å². The molecule has 0 saturated carbocycles. The molecule has 180 valence electrons. The maximum Gasteiger partial charge on any atom is 0.259 e. The summed E-state index contributed by atoms with van der Waals surface area (Å²) in [5.41, 5.74) is 3.32. The molecule has 2 aliphatic rings. The molecule has 5 heterocycles. The first kappa shape index (κ1) is 22.7. The van der Waals surface area contributed by atoms with Crippen molar-refractivity contribution in [1.82, 2.24) is 15.0 Å². The lowest BCUT2D eigenvalue weighted by Gasteiger charge is -2.28. The van der Waals surface area contributed by atoms with E-state index in [4.69, 9.17) is 14.5 Å². The van der Waals surface area contributed by atoms with Crippen LogP contribution in [0, 0.1) is 0 Å². The number of aromatic amines is 1. The van der Waals surface area contributed by atoms with Crippen molar-refractivity contribution in [1.29, 1.82) is 0 Å². The van der Waals surface area contributed by atoms with Gasteiger partial charge < -0.3 is 30.0 Å². The van der Waals surface area contributed by atoms with Gasteiger partial charge in [0.05, 0.1) is 30.8 Å². The number of hydrogen-bond acceptors (Lipinski definition) is 8. The minimum Gasteiger partial charge on any atom is -0.488 e. The van der Waals surface area contributed by atoms with Gasteiger partial charge in [-0.05, 0) is 47.9 Å². The predicted octanol–water partition coefficient (Wildman–Crippen LogP) is 4.01. The average Bonchev–Trinajstić information content (AvgIpc) is 2.89. The van der Waals surface area contributed by atoms with Crippen LogP contribution in [0.25, 0.3) is 22.0 Å². The smallest absolute Gasteiger partial charge is 0.259 e. The highest BCUT2D eigenvalue weighted by Gasteiger charge is 2.16. The van der Waals surface area contributed by atoms with Crippen LogP contribution >= 0.6 is 0 Å². The van der Waals surface area contributed by atoms with Crippen LogP contribution in [0.1, 0.15) is 7.43 Å². The number of rotatable bonds is 4. The summed E-state index contributed by atoms with van der Waals surface area (Å²) < 4.78 is 11.2. The second-order valence-corrected chi connectivity index (χ2v) is 8.24. The van der Waals surface area contributed by atoms with Gasteiger partial charge in [0.1, 0.15) is 12.4 Å². The van der Waals surface area contributed by atoms with Crippen LogP contribution < -0.4 is 25.8 Å². The molecular weight excluding hydrogens is 444 g/mol. The fourth-order valence-corrected chi connectivity index (χ4v) is 4.32. The van der Waals surface area contributed by atoms with Crippen LogP contribution in [0.5, 0.6) is 5.75 Å². The van der Waals surface area contributed by atoms with Crippen molar-refractivity contribution in [2.75, 3.05) is 55.0 Å². The lowest BCUT2D eigenvalue weighted by atomic mass is 10.1. The summed E-state index contributed by atoms with van der Waals surface area (Å²) in [4.78, 5) is 27.0. The summed E-state index contributed by atoms with van der Waals surface area (Å²) in [7, 11) is 0. The molecule has 6 rings (SSSR count). The van der Waals surface area contributed by atoms with Gasteiger partial charge in [-0.25, -0.2) is 9.97 Å². The van der Waals surface area contributed by atoms with Crippen molar-refractivity contribution in [3.8, 4) is 17.0 Å². The first-order valence-corrected chi connectivity index (χ1v) is 11.3. The van der Waals surface area contributed by atoms with Crippen LogP contribution in [0.3, 0.4) is 0 Å². The van der Waals surface area contributed by atoms with E-state index in [0.717, 1.165) is 61.0 Å². The summed E-state index contributed by atoms with van der Waals surface area (Å²) >= 11 is 0. The summed E-state index contributed by atoms with van der Waals surface area (Å²) in [5, 5.41) is 7.87. The van der Waals surface area contributed by atoms with Crippen molar-refractivity contribution in [3.63, 3.8) is 0 Å². The zero-order chi connectivity index (χ0) is 22.9. The molecule has 0 bridgehead atoms. The van der Waals surface area contributed by atoms with Gasteiger partial charge in [-0.3, -0.25) is 4.79 Å². The van der Waals surface area contributed by atoms with Gasteiger partial charge in [0.2, 0.25) is 0 Å². The van der Waals surface area contributed by atoms with E-state index in [2.05, 4.69) is 37.6 Å². The largest absolute Gasteiger partial charge is 0.488 e. The van der Waals surface area contributed by atoms with Crippen LogP contribution in [0.15, 0.2) is 59.7 Å². The topological polar surface area (TPSA) is 104 Å². The lowest BCUT2D eigenvalue weighted by molar-refractivity contribution is 0.122. The van der Waals surface area contributed by atoms with Gasteiger partial charge in [0.25, 0.3) is 5.56 Å². The number of nitrogens with zero attached hydrogens (tertiary/aromatic N) is 3.